The van der Waals surface area contributed by atoms with Crippen molar-refractivity contribution in [3.63, 3.8) is 0 Å². The van der Waals surface area contributed by atoms with E-state index < -0.39 is 0 Å². The van der Waals surface area contributed by atoms with E-state index in [0.717, 1.165) is 17.9 Å². The van der Waals surface area contributed by atoms with Crippen molar-refractivity contribution in [2.24, 2.45) is 0 Å². The Morgan fingerprint density at radius 3 is 3.00 bits per heavy atom. The zero-order valence-electron chi connectivity index (χ0n) is 9.82. The number of anilines is 1. The van der Waals surface area contributed by atoms with Crippen molar-refractivity contribution >= 4 is 28.6 Å². The van der Waals surface area contributed by atoms with Gasteiger partial charge in [-0.15, -0.1) is 16.4 Å². The Hall–Kier alpha value is -1.92. The van der Waals surface area contributed by atoms with Gasteiger partial charge in [0, 0.05) is 11.4 Å². The number of hydrogen-bond donors (Lipinski definition) is 1. The smallest absolute Gasteiger partial charge is 0.143 e. The predicted molar refractivity (Wildman–Crippen MR) is 75.8 cm³/mol. The zero-order valence-corrected chi connectivity index (χ0v) is 11.4. The molecule has 0 bridgehead atoms. The number of rotatable bonds is 4. The number of thiophene rings is 1. The van der Waals surface area contributed by atoms with Gasteiger partial charge in [0.05, 0.1) is 16.4 Å². The summed E-state index contributed by atoms with van der Waals surface area (Å²) in [5, 5.41) is 17.1. The average molecular weight is 292 g/mol. The van der Waals surface area contributed by atoms with Gasteiger partial charge in [-0.05, 0) is 40.1 Å². The molecule has 5 nitrogen and oxygen atoms in total. The minimum Gasteiger partial charge on any atom is -0.379 e. The first-order chi connectivity index (χ1) is 9.33. The predicted octanol–water partition coefficient (Wildman–Crippen LogP) is 2.99. The van der Waals surface area contributed by atoms with Gasteiger partial charge in [0.1, 0.15) is 6.33 Å². The third-order valence-corrected chi connectivity index (χ3v) is 3.80. The molecule has 0 radical (unpaired) electrons. The fourth-order valence-corrected chi connectivity index (χ4v) is 2.50. The van der Waals surface area contributed by atoms with Gasteiger partial charge in [-0.2, -0.15) is 0 Å². The molecular formula is C12H10ClN5S. The highest BCUT2D eigenvalue weighted by atomic mass is 35.5. The molecule has 0 aliphatic carbocycles. The first kappa shape index (κ1) is 12.1. The normalized spacial score (nSPS) is 10.6. The Balaban J connectivity index is 1.82. The van der Waals surface area contributed by atoms with Gasteiger partial charge in [-0.1, -0.05) is 17.7 Å². The number of aromatic nitrogens is 4. The molecule has 3 rings (SSSR count). The van der Waals surface area contributed by atoms with Crippen LogP contribution in [0, 0.1) is 0 Å². The number of tetrazole rings is 1. The summed E-state index contributed by atoms with van der Waals surface area (Å²) in [7, 11) is 0. The zero-order chi connectivity index (χ0) is 13.1. The van der Waals surface area contributed by atoms with Gasteiger partial charge in [0.25, 0.3) is 0 Å². The minimum absolute atomic E-state index is 0.674. The van der Waals surface area contributed by atoms with E-state index in [9.17, 15) is 0 Å². The topological polar surface area (TPSA) is 55.6 Å². The molecule has 2 heterocycles. The molecule has 0 saturated heterocycles. The highest BCUT2D eigenvalue weighted by Gasteiger charge is 2.05. The van der Waals surface area contributed by atoms with E-state index in [-0.39, 0.29) is 0 Å². The molecule has 1 aromatic carbocycles. The van der Waals surface area contributed by atoms with Gasteiger partial charge in [0.2, 0.25) is 0 Å². The summed E-state index contributed by atoms with van der Waals surface area (Å²) in [6.45, 7) is 0.746. The summed E-state index contributed by atoms with van der Waals surface area (Å²) in [6.07, 6.45) is 1.55. The Labute approximate surface area is 118 Å². The van der Waals surface area contributed by atoms with Crippen molar-refractivity contribution < 1.29 is 0 Å². The van der Waals surface area contributed by atoms with Gasteiger partial charge < -0.3 is 5.32 Å². The third kappa shape index (κ3) is 2.74. The Morgan fingerprint density at radius 1 is 1.32 bits per heavy atom. The summed E-state index contributed by atoms with van der Waals surface area (Å²) < 4.78 is 1.59. The van der Waals surface area contributed by atoms with Gasteiger partial charge in [-0.3, -0.25) is 0 Å². The molecule has 0 saturated carbocycles. The van der Waals surface area contributed by atoms with Crippen LogP contribution in [-0.2, 0) is 6.54 Å². The number of benzene rings is 1. The lowest BCUT2D eigenvalue weighted by atomic mass is 10.2. The number of nitrogens with zero attached hydrogens (tertiary/aromatic N) is 4. The van der Waals surface area contributed by atoms with Crippen molar-refractivity contribution in [1.29, 1.82) is 0 Å². The van der Waals surface area contributed by atoms with Crippen molar-refractivity contribution in [3.8, 4) is 5.69 Å². The van der Waals surface area contributed by atoms with Crippen molar-refractivity contribution in [2.75, 3.05) is 5.32 Å². The lowest BCUT2D eigenvalue weighted by Crippen LogP contribution is -2.01. The first-order valence-corrected chi connectivity index (χ1v) is 6.88. The Bertz CT molecular complexity index is 651. The lowest BCUT2D eigenvalue weighted by Gasteiger charge is -2.09. The van der Waals surface area contributed by atoms with Crippen LogP contribution < -0.4 is 5.32 Å². The van der Waals surface area contributed by atoms with Gasteiger partial charge in [0.15, 0.2) is 0 Å². The number of hydrogen-bond acceptors (Lipinski definition) is 5. The van der Waals surface area contributed by atoms with Gasteiger partial charge >= 0.3 is 0 Å². The van der Waals surface area contributed by atoms with Crippen molar-refractivity contribution in [1.82, 2.24) is 20.2 Å². The second-order valence-electron chi connectivity index (χ2n) is 3.85. The van der Waals surface area contributed by atoms with E-state index in [1.54, 1.807) is 22.3 Å². The maximum Gasteiger partial charge on any atom is 0.143 e. The van der Waals surface area contributed by atoms with Crippen LogP contribution in [0.3, 0.4) is 0 Å². The maximum atomic E-state index is 6.18. The van der Waals surface area contributed by atoms with Crippen LogP contribution in [0.25, 0.3) is 5.69 Å². The molecule has 19 heavy (non-hydrogen) atoms. The van der Waals surface area contributed by atoms with Crippen LogP contribution in [0.1, 0.15) is 4.88 Å². The van der Waals surface area contributed by atoms with E-state index in [0.29, 0.717) is 5.02 Å². The van der Waals surface area contributed by atoms with E-state index in [1.807, 2.05) is 24.3 Å². The Kier molecular flexibility index (Phi) is 3.43. The fraction of sp³-hybridized carbons (Fsp3) is 0.0833. The highest BCUT2D eigenvalue weighted by Crippen LogP contribution is 2.25. The van der Waals surface area contributed by atoms with Crippen LogP contribution in [-0.4, -0.2) is 20.2 Å². The monoisotopic (exact) mass is 291 g/mol. The summed E-state index contributed by atoms with van der Waals surface area (Å²) in [5.74, 6) is 0. The second-order valence-corrected chi connectivity index (χ2v) is 5.29. The van der Waals surface area contributed by atoms with Crippen molar-refractivity contribution in [3.05, 3.63) is 51.9 Å². The minimum atomic E-state index is 0.674. The summed E-state index contributed by atoms with van der Waals surface area (Å²) >= 11 is 7.88. The van der Waals surface area contributed by atoms with E-state index >= 15 is 0 Å². The highest BCUT2D eigenvalue weighted by molar-refractivity contribution is 7.09. The fourth-order valence-electron chi connectivity index (χ4n) is 1.67. The molecule has 0 aliphatic heterocycles. The molecule has 0 atom stereocenters. The maximum absolute atomic E-state index is 6.18. The van der Waals surface area contributed by atoms with Crippen LogP contribution in [0.15, 0.2) is 42.0 Å². The molecule has 0 amide bonds. The number of nitrogens with one attached hydrogen (secondary N) is 1. The molecule has 0 unspecified atom stereocenters. The SMILES string of the molecule is Clc1ccc(-n2cnnn2)cc1NCc1cccs1. The summed E-state index contributed by atoms with van der Waals surface area (Å²) in [5.41, 5.74) is 1.73. The molecule has 3 aromatic rings. The first-order valence-electron chi connectivity index (χ1n) is 5.62. The molecular weight excluding hydrogens is 282 g/mol. The largest absolute Gasteiger partial charge is 0.379 e. The molecule has 96 valence electrons. The van der Waals surface area contributed by atoms with E-state index in [2.05, 4.69) is 32.3 Å². The molecule has 1 N–H and O–H groups in total. The third-order valence-electron chi connectivity index (χ3n) is 2.60. The lowest BCUT2D eigenvalue weighted by molar-refractivity contribution is 0.789. The Morgan fingerprint density at radius 2 is 2.26 bits per heavy atom. The van der Waals surface area contributed by atoms with Crippen LogP contribution >= 0.6 is 22.9 Å². The van der Waals surface area contributed by atoms with Crippen LogP contribution in [0.5, 0.6) is 0 Å². The van der Waals surface area contributed by atoms with Crippen LogP contribution in [0.4, 0.5) is 5.69 Å². The van der Waals surface area contributed by atoms with E-state index in [1.165, 1.54) is 4.88 Å². The summed E-state index contributed by atoms with van der Waals surface area (Å²) in [6, 6.07) is 9.73. The summed E-state index contributed by atoms with van der Waals surface area (Å²) in [4.78, 5) is 1.25. The average Bonchev–Trinajstić information content (AvgIpc) is 3.11. The molecule has 0 aliphatic rings. The molecule has 0 spiro atoms. The van der Waals surface area contributed by atoms with E-state index in [4.69, 9.17) is 11.6 Å². The molecule has 7 heteroatoms. The standard InChI is InChI=1S/C12H10ClN5S/c13-11-4-3-9(18-8-15-16-17-18)6-12(11)14-7-10-2-1-5-19-10/h1-6,8,14H,7H2. The molecule has 0 fully saturated rings. The van der Waals surface area contributed by atoms with Gasteiger partial charge in [-0.25, -0.2) is 4.68 Å². The second kappa shape index (κ2) is 5.38. The molecule has 2 aromatic heterocycles. The van der Waals surface area contributed by atoms with Crippen molar-refractivity contribution in [2.45, 2.75) is 6.54 Å². The number of halogens is 1. The quantitative estimate of drug-likeness (QED) is 0.803. The van der Waals surface area contributed by atoms with Crippen LogP contribution in [0.2, 0.25) is 5.02 Å².